The third-order valence-corrected chi connectivity index (χ3v) is 7.23. The maximum atomic E-state index is 13.4. The molecule has 8 heteroatoms. The summed E-state index contributed by atoms with van der Waals surface area (Å²) in [7, 11) is -3.72. The molecule has 0 saturated carbocycles. The molecular formula is C26H27ClN2O4S. The number of hydrogen-bond donors (Lipinski definition) is 1. The molecule has 0 aliphatic heterocycles. The van der Waals surface area contributed by atoms with E-state index in [0.717, 1.165) is 5.56 Å². The monoisotopic (exact) mass is 498 g/mol. The average Bonchev–Trinajstić information content (AvgIpc) is 2.83. The second-order valence-corrected chi connectivity index (χ2v) is 10.2. The quantitative estimate of drug-likeness (QED) is 0.433. The Hall–Kier alpha value is -3.00. The van der Waals surface area contributed by atoms with Crippen LogP contribution in [0, 0.1) is 6.92 Å². The number of hydrogen-bond acceptors (Lipinski definition) is 4. The molecule has 0 fully saturated rings. The van der Waals surface area contributed by atoms with Gasteiger partial charge < -0.3 is 4.90 Å². The van der Waals surface area contributed by atoms with E-state index in [9.17, 15) is 18.0 Å². The lowest BCUT2D eigenvalue weighted by atomic mass is 9.97. The number of amides is 1. The number of benzene rings is 3. The van der Waals surface area contributed by atoms with Gasteiger partial charge in [-0.25, -0.2) is 13.1 Å². The van der Waals surface area contributed by atoms with E-state index in [-0.39, 0.29) is 34.3 Å². The highest BCUT2D eigenvalue weighted by molar-refractivity contribution is 7.89. The molecule has 0 bridgehead atoms. The number of nitrogens with zero attached hydrogens (tertiary/aromatic N) is 1. The molecule has 0 saturated heterocycles. The van der Waals surface area contributed by atoms with Crippen molar-refractivity contribution >= 4 is 33.3 Å². The number of nitrogens with one attached hydrogen (secondary N) is 1. The number of halogens is 1. The van der Waals surface area contributed by atoms with Crippen LogP contribution in [-0.4, -0.2) is 44.1 Å². The van der Waals surface area contributed by atoms with E-state index in [1.165, 1.54) is 0 Å². The predicted octanol–water partition coefficient (Wildman–Crippen LogP) is 4.71. The van der Waals surface area contributed by atoms with E-state index < -0.39 is 16.1 Å². The van der Waals surface area contributed by atoms with E-state index in [1.54, 1.807) is 84.6 Å². The van der Waals surface area contributed by atoms with E-state index in [2.05, 4.69) is 4.72 Å². The van der Waals surface area contributed by atoms with E-state index in [0.29, 0.717) is 17.1 Å². The van der Waals surface area contributed by atoms with E-state index >= 15 is 0 Å². The maximum Gasteiger partial charge on any atom is 0.254 e. The van der Waals surface area contributed by atoms with Crippen LogP contribution in [0.3, 0.4) is 0 Å². The minimum absolute atomic E-state index is 0.0308. The van der Waals surface area contributed by atoms with Gasteiger partial charge in [0.1, 0.15) is 0 Å². The van der Waals surface area contributed by atoms with Crippen molar-refractivity contribution in [3.63, 3.8) is 0 Å². The highest BCUT2D eigenvalue weighted by Gasteiger charge is 2.26. The number of likely N-dealkylation sites (N-methyl/N-ethyl adjacent to an activating group) is 1. The first-order valence-electron chi connectivity index (χ1n) is 10.9. The van der Waals surface area contributed by atoms with Crippen LogP contribution in [0.1, 0.15) is 45.7 Å². The fourth-order valence-corrected chi connectivity index (χ4v) is 4.82. The second kappa shape index (κ2) is 11.0. The largest absolute Gasteiger partial charge is 0.335 e. The first-order chi connectivity index (χ1) is 16.1. The first-order valence-corrected chi connectivity index (χ1v) is 12.8. The summed E-state index contributed by atoms with van der Waals surface area (Å²) in [5, 5.41) is 0.514. The summed E-state index contributed by atoms with van der Waals surface area (Å²) in [4.78, 5) is 28.2. The molecule has 0 aliphatic carbocycles. The molecule has 0 aliphatic rings. The van der Waals surface area contributed by atoms with Gasteiger partial charge in [0.05, 0.1) is 10.5 Å². The van der Waals surface area contributed by atoms with Crippen LogP contribution >= 0.6 is 11.6 Å². The molecule has 0 aromatic heterocycles. The van der Waals surface area contributed by atoms with Crippen LogP contribution in [0.25, 0.3) is 0 Å². The predicted molar refractivity (Wildman–Crippen MR) is 134 cm³/mol. The Labute approximate surface area is 205 Å². The molecule has 1 unspecified atom stereocenters. The van der Waals surface area contributed by atoms with Gasteiger partial charge in [-0.15, -0.1) is 0 Å². The lowest BCUT2D eigenvalue weighted by molar-refractivity contribution is 0.0702. The summed E-state index contributed by atoms with van der Waals surface area (Å²) in [5.41, 5.74) is 1.92. The second-order valence-electron chi connectivity index (χ2n) is 7.99. The summed E-state index contributed by atoms with van der Waals surface area (Å²) in [6.07, 6.45) is 0. The van der Waals surface area contributed by atoms with Crippen molar-refractivity contribution in [2.45, 2.75) is 31.7 Å². The van der Waals surface area contributed by atoms with Gasteiger partial charge in [0, 0.05) is 35.3 Å². The fraction of sp³-hybridized carbons (Fsp3) is 0.231. The highest BCUT2D eigenvalue weighted by atomic mass is 35.5. The summed E-state index contributed by atoms with van der Waals surface area (Å²) in [6.45, 7) is 5.83. The van der Waals surface area contributed by atoms with Crippen molar-refractivity contribution in [1.29, 1.82) is 0 Å². The van der Waals surface area contributed by atoms with E-state index in [4.69, 9.17) is 11.6 Å². The van der Waals surface area contributed by atoms with Gasteiger partial charge in [-0.2, -0.15) is 0 Å². The molecule has 0 radical (unpaired) electrons. The number of carbonyl (C=O) groups is 2. The Balaban J connectivity index is 1.79. The Kier molecular flexibility index (Phi) is 8.25. The average molecular weight is 499 g/mol. The molecule has 3 rings (SSSR count). The third kappa shape index (κ3) is 5.91. The summed E-state index contributed by atoms with van der Waals surface area (Å²) >= 11 is 5.93. The summed E-state index contributed by atoms with van der Waals surface area (Å²) in [5.74, 6) is -0.633. The van der Waals surface area contributed by atoms with Gasteiger partial charge in [-0.05, 0) is 63.2 Å². The SMILES string of the molecule is CCN(C(=O)c1ccccc1C(=O)c1ccc(Cl)cc1)C(C)CNS(=O)(=O)c1ccc(C)cc1. The number of aryl methyl sites for hydroxylation is 1. The van der Waals surface area contributed by atoms with Gasteiger partial charge in [-0.1, -0.05) is 47.5 Å². The van der Waals surface area contributed by atoms with Crippen LogP contribution in [0.15, 0.2) is 77.7 Å². The Morgan fingerprint density at radius 2 is 1.53 bits per heavy atom. The van der Waals surface area contributed by atoms with Gasteiger partial charge >= 0.3 is 0 Å². The van der Waals surface area contributed by atoms with Crippen LogP contribution in [-0.2, 0) is 10.0 Å². The lowest BCUT2D eigenvalue weighted by Crippen LogP contribution is -2.45. The maximum absolute atomic E-state index is 13.4. The fourth-order valence-electron chi connectivity index (χ4n) is 3.58. The molecule has 0 heterocycles. The number of sulfonamides is 1. The number of carbonyl (C=O) groups excluding carboxylic acids is 2. The van der Waals surface area contributed by atoms with Crippen molar-refractivity contribution in [2.24, 2.45) is 0 Å². The number of ketones is 1. The van der Waals surface area contributed by atoms with Crippen molar-refractivity contribution in [3.8, 4) is 0 Å². The molecule has 34 heavy (non-hydrogen) atoms. The molecular weight excluding hydrogens is 472 g/mol. The van der Waals surface area contributed by atoms with Gasteiger partial charge in [0.15, 0.2) is 5.78 Å². The normalized spacial score (nSPS) is 12.2. The molecule has 3 aromatic carbocycles. The van der Waals surface area contributed by atoms with Gasteiger partial charge in [0.25, 0.3) is 5.91 Å². The Morgan fingerprint density at radius 1 is 0.941 bits per heavy atom. The molecule has 6 nitrogen and oxygen atoms in total. The van der Waals surface area contributed by atoms with Crippen LogP contribution in [0.5, 0.6) is 0 Å². The lowest BCUT2D eigenvalue weighted by Gasteiger charge is -2.29. The zero-order valence-corrected chi connectivity index (χ0v) is 20.9. The molecule has 0 spiro atoms. The third-order valence-electron chi connectivity index (χ3n) is 5.54. The van der Waals surface area contributed by atoms with Crippen molar-refractivity contribution in [1.82, 2.24) is 9.62 Å². The molecule has 3 aromatic rings. The summed E-state index contributed by atoms with van der Waals surface area (Å²) < 4.78 is 27.9. The van der Waals surface area contributed by atoms with Crippen molar-refractivity contribution < 1.29 is 18.0 Å². The molecule has 1 atom stereocenters. The smallest absolute Gasteiger partial charge is 0.254 e. The Bertz CT molecular complexity index is 1270. The molecule has 178 valence electrons. The zero-order chi connectivity index (χ0) is 24.9. The van der Waals surface area contributed by atoms with Crippen LogP contribution < -0.4 is 4.72 Å². The van der Waals surface area contributed by atoms with Crippen molar-refractivity contribution in [3.05, 3.63) is 100 Å². The van der Waals surface area contributed by atoms with Crippen molar-refractivity contribution in [2.75, 3.05) is 13.1 Å². The standard InChI is InChI=1S/C26H27ClN2O4S/c1-4-29(19(3)17-28-34(32,33)22-15-9-18(2)10-16-22)26(31)24-8-6-5-7-23(24)25(30)20-11-13-21(27)14-12-20/h5-16,19,28H,4,17H2,1-3H3. The van der Waals surface area contributed by atoms with Crippen LogP contribution in [0.2, 0.25) is 5.02 Å². The number of rotatable bonds is 9. The summed E-state index contributed by atoms with van der Waals surface area (Å²) in [6, 6.07) is 19.2. The van der Waals surface area contributed by atoms with E-state index in [1.807, 2.05) is 13.8 Å². The topological polar surface area (TPSA) is 83.6 Å². The zero-order valence-electron chi connectivity index (χ0n) is 19.3. The van der Waals surface area contributed by atoms with Crippen LogP contribution in [0.4, 0.5) is 0 Å². The minimum atomic E-state index is -3.72. The highest BCUT2D eigenvalue weighted by Crippen LogP contribution is 2.19. The Morgan fingerprint density at radius 3 is 2.12 bits per heavy atom. The minimum Gasteiger partial charge on any atom is -0.335 e. The van der Waals surface area contributed by atoms with Gasteiger partial charge in [-0.3, -0.25) is 9.59 Å². The van der Waals surface area contributed by atoms with Gasteiger partial charge in [0.2, 0.25) is 10.0 Å². The molecule has 1 amide bonds. The molecule has 1 N–H and O–H groups in total. The first kappa shape index (κ1) is 25.6.